The molecule has 1 heterocycles. The lowest BCUT2D eigenvalue weighted by molar-refractivity contribution is -0.150. The van der Waals surface area contributed by atoms with E-state index in [4.69, 9.17) is 4.74 Å². The number of esters is 1. The van der Waals surface area contributed by atoms with Gasteiger partial charge in [0.1, 0.15) is 12.0 Å². The Hall–Kier alpha value is -1.25. The molecule has 12 heavy (non-hydrogen) atoms. The normalized spacial score (nSPS) is 26.4. The number of hydrogen-bond acceptors (Lipinski definition) is 3. The lowest BCUT2D eigenvalue weighted by Crippen LogP contribution is -2.31. The predicted octanol–water partition coefficient (Wildman–Crippen LogP) is 1.27. The lowest BCUT2D eigenvalue weighted by Gasteiger charge is -2.20. The van der Waals surface area contributed by atoms with E-state index in [9.17, 15) is 4.79 Å². The summed E-state index contributed by atoms with van der Waals surface area (Å²) in [6.07, 6.45) is 5.49. The third kappa shape index (κ3) is 1.35. The summed E-state index contributed by atoms with van der Waals surface area (Å²) >= 11 is 0. The van der Waals surface area contributed by atoms with Crippen LogP contribution in [0.1, 0.15) is 6.42 Å². The molecular weight excluding hydrogens is 156 g/mol. The third-order valence-electron chi connectivity index (χ3n) is 1.92. The number of carbonyl (C=O) groups is 1. The molecule has 3 heteroatoms. The Kier molecular flexibility index (Phi) is 2.53. The highest BCUT2D eigenvalue weighted by molar-refractivity contribution is 5.79. The van der Waals surface area contributed by atoms with Gasteiger partial charge in [0.25, 0.3) is 0 Å². The standard InChI is InChI=1S/C9H12O3/c1-3-4-9(8(10)11-2)5-6-12-7-9/h3,5-6H,1,4,7H2,2H3. The van der Waals surface area contributed by atoms with Crippen LogP contribution in [-0.2, 0) is 14.3 Å². The van der Waals surface area contributed by atoms with Crippen molar-refractivity contribution in [1.29, 1.82) is 0 Å². The Labute approximate surface area is 71.7 Å². The first-order valence-corrected chi connectivity index (χ1v) is 3.74. The SMILES string of the molecule is C=CCC1(C(=O)OC)C=COC1. The third-order valence-corrected chi connectivity index (χ3v) is 1.92. The first-order valence-electron chi connectivity index (χ1n) is 3.74. The van der Waals surface area contributed by atoms with Crippen molar-refractivity contribution in [3.05, 3.63) is 25.0 Å². The van der Waals surface area contributed by atoms with E-state index < -0.39 is 5.41 Å². The van der Waals surface area contributed by atoms with E-state index in [2.05, 4.69) is 11.3 Å². The summed E-state index contributed by atoms with van der Waals surface area (Å²) in [4.78, 5) is 11.3. The Morgan fingerprint density at radius 3 is 3.08 bits per heavy atom. The van der Waals surface area contributed by atoms with E-state index in [1.54, 1.807) is 12.2 Å². The fourth-order valence-corrected chi connectivity index (χ4v) is 1.22. The van der Waals surface area contributed by atoms with Gasteiger partial charge in [0, 0.05) is 0 Å². The zero-order chi connectivity index (χ0) is 9.03. The van der Waals surface area contributed by atoms with Crippen LogP contribution in [0.15, 0.2) is 25.0 Å². The van der Waals surface area contributed by atoms with Crippen LogP contribution >= 0.6 is 0 Å². The Balaban J connectivity index is 2.78. The fourth-order valence-electron chi connectivity index (χ4n) is 1.22. The quantitative estimate of drug-likeness (QED) is 0.470. The molecule has 1 aliphatic rings. The molecule has 0 radical (unpaired) electrons. The molecule has 0 aromatic carbocycles. The summed E-state index contributed by atoms with van der Waals surface area (Å²) in [6.45, 7) is 3.94. The minimum absolute atomic E-state index is 0.267. The molecule has 66 valence electrons. The monoisotopic (exact) mass is 168 g/mol. The maximum atomic E-state index is 11.3. The average Bonchev–Trinajstić information content (AvgIpc) is 2.53. The van der Waals surface area contributed by atoms with E-state index in [-0.39, 0.29) is 5.97 Å². The van der Waals surface area contributed by atoms with Crippen LogP contribution in [0.2, 0.25) is 0 Å². The number of rotatable bonds is 3. The molecule has 0 aromatic rings. The van der Waals surface area contributed by atoms with Crippen molar-refractivity contribution in [2.45, 2.75) is 6.42 Å². The molecule has 0 amide bonds. The summed E-state index contributed by atoms with van der Waals surface area (Å²) in [6, 6.07) is 0. The van der Waals surface area contributed by atoms with Crippen LogP contribution < -0.4 is 0 Å². The number of allylic oxidation sites excluding steroid dienone is 1. The molecule has 0 N–H and O–H groups in total. The Morgan fingerprint density at radius 2 is 2.67 bits per heavy atom. The van der Waals surface area contributed by atoms with Gasteiger partial charge in [-0.05, 0) is 12.5 Å². The minimum atomic E-state index is -0.628. The number of methoxy groups -OCH3 is 1. The van der Waals surface area contributed by atoms with Gasteiger partial charge in [0.2, 0.25) is 0 Å². The molecular formula is C9H12O3. The number of ether oxygens (including phenoxy) is 2. The maximum absolute atomic E-state index is 11.3. The van der Waals surface area contributed by atoms with Crippen molar-refractivity contribution in [1.82, 2.24) is 0 Å². The van der Waals surface area contributed by atoms with Gasteiger partial charge in [0.15, 0.2) is 0 Å². The van der Waals surface area contributed by atoms with E-state index in [1.807, 2.05) is 0 Å². The number of carbonyl (C=O) groups excluding carboxylic acids is 1. The maximum Gasteiger partial charge on any atom is 0.319 e. The van der Waals surface area contributed by atoms with Crippen LogP contribution in [-0.4, -0.2) is 19.7 Å². The molecule has 3 nitrogen and oxygen atoms in total. The first-order chi connectivity index (χ1) is 5.75. The molecule has 0 aromatic heterocycles. The second-order valence-electron chi connectivity index (χ2n) is 2.75. The summed E-state index contributed by atoms with van der Waals surface area (Å²) < 4.78 is 9.68. The summed E-state index contributed by atoms with van der Waals surface area (Å²) in [7, 11) is 1.37. The van der Waals surface area contributed by atoms with Crippen molar-refractivity contribution in [3.63, 3.8) is 0 Å². The van der Waals surface area contributed by atoms with Crippen LogP contribution in [0, 0.1) is 5.41 Å². The molecule has 0 saturated heterocycles. The molecule has 0 bridgehead atoms. The highest BCUT2D eigenvalue weighted by atomic mass is 16.5. The summed E-state index contributed by atoms with van der Waals surface area (Å²) in [5, 5.41) is 0. The zero-order valence-electron chi connectivity index (χ0n) is 7.08. The van der Waals surface area contributed by atoms with Crippen molar-refractivity contribution >= 4 is 5.97 Å². The van der Waals surface area contributed by atoms with Gasteiger partial charge in [-0.25, -0.2) is 0 Å². The van der Waals surface area contributed by atoms with E-state index in [0.717, 1.165) is 0 Å². The van der Waals surface area contributed by atoms with Crippen molar-refractivity contribution in [2.75, 3.05) is 13.7 Å². The van der Waals surface area contributed by atoms with Gasteiger partial charge in [-0.3, -0.25) is 4.79 Å². The Bertz CT molecular complexity index is 220. The molecule has 1 atom stereocenters. The van der Waals surface area contributed by atoms with Gasteiger partial charge in [-0.1, -0.05) is 6.08 Å². The smallest absolute Gasteiger partial charge is 0.319 e. The molecule has 1 aliphatic heterocycles. The Morgan fingerprint density at radius 1 is 1.92 bits per heavy atom. The average molecular weight is 168 g/mol. The summed E-state index contributed by atoms with van der Waals surface area (Å²) in [5.41, 5.74) is -0.628. The highest BCUT2D eigenvalue weighted by Gasteiger charge is 2.39. The van der Waals surface area contributed by atoms with E-state index >= 15 is 0 Å². The van der Waals surface area contributed by atoms with Crippen molar-refractivity contribution < 1.29 is 14.3 Å². The fraction of sp³-hybridized carbons (Fsp3) is 0.444. The van der Waals surface area contributed by atoms with E-state index in [1.165, 1.54) is 13.4 Å². The van der Waals surface area contributed by atoms with Gasteiger partial charge >= 0.3 is 5.97 Å². The van der Waals surface area contributed by atoms with Crippen LogP contribution in [0.25, 0.3) is 0 Å². The van der Waals surface area contributed by atoms with Crippen LogP contribution in [0.4, 0.5) is 0 Å². The summed E-state index contributed by atoms with van der Waals surface area (Å²) in [5.74, 6) is -0.267. The molecule has 0 fully saturated rings. The van der Waals surface area contributed by atoms with Crippen LogP contribution in [0.3, 0.4) is 0 Å². The molecule has 1 rings (SSSR count). The zero-order valence-corrected chi connectivity index (χ0v) is 7.08. The van der Waals surface area contributed by atoms with Crippen LogP contribution in [0.5, 0.6) is 0 Å². The second-order valence-corrected chi connectivity index (χ2v) is 2.75. The topological polar surface area (TPSA) is 35.5 Å². The van der Waals surface area contributed by atoms with Gasteiger partial charge in [0.05, 0.1) is 13.4 Å². The molecule has 0 aliphatic carbocycles. The lowest BCUT2D eigenvalue weighted by atomic mass is 9.86. The largest absolute Gasteiger partial charge is 0.500 e. The van der Waals surface area contributed by atoms with Gasteiger partial charge < -0.3 is 9.47 Å². The highest BCUT2D eigenvalue weighted by Crippen LogP contribution is 2.30. The molecule has 0 saturated carbocycles. The van der Waals surface area contributed by atoms with E-state index in [0.29, 0.717) is 13.0 Å². The predicted molar refractivity (Wildman–Crippen MR) is 44.4 cm³/mol. The molecule has 0 spiro atoms. The van der Waals surface area contributed by atoms with Crippen molar-refractivity contribution in [2.24, 2.45) is 5.41 Å². The number of hydrogen-bond donors (Lipinski definition) is 0. The minimum Gasteiger partial charge on any atom is -0.500 e. The van der Waals surface area contributed by atoms with Gasteiger partial charge in [-0.2, -0.15) is 0 Å². The van der Waals surface area contributed by atoms with Crippen molar-refractivity contribution in [3.8, 4) is 0 Å². The second kappa shape index (κ2) is 3.43. The molecule has 1 unspecified atom stereocenters. The first kappa shape index (κ1) is 8.84. The van der Waals surface area contributed by atoms with Gasteiger partial charge in [-0.15, -0.1) is 6.58 Å².